The maximum atomic E-state index is 10.6. The average molecular weight is 221 g/mol. The molecule has 2 N–H and O–H groups in total. The van der Waals surface area contributed by atoms with Crippen molar-refractivity contribution in [1.29, 1.82) is 0 Å². The van der Waals surface area contributed by atoms with Crippen LogP contribution in [0.15, 0.2) is 18.2 Å². The zero-order valence-electron chi connectivity index (χ0n) is 9.16. The molecule has 1 rings (SSSR count). The number of aryl methyl sites for hydroxylation is 1. The van der Waals surface area contributed by atoms with Crippen molar-refractivity contribution in [2.45, 2.75) is 26.8 Å². The highest BCUT2D eigenvalue weighted by molar-refractivity contribution is 6.51. The fraction of sp³-hybridized carbons (Fsp3) is 0.364. The highest BCUT2D eigenvalue weighted by Crippen LogP contribution is 2.01. The standard InChI is InChI=1S/C11H15NO2Si/c1-7-5-4-6-10(8(7)2)15-12-9(3)11(13)14/h4-6,9,12H,1-3H3,(H,13,14). The number of rotatable bonds is 4. The summed E-state index contributed by atoms with van der Waals surface area (Å²) in [5, 5.41) is 9.91. The highest BCUT2D eigenvalue weighted by Gasteiger charge is 2.11. The average Bonchev–Trinajstić information content (AvgIpc) is 2.19. The fourth-order valence-electron chi connectivity index (χ4n) is 1.13. The Bertz CT molecular complexity index is 366. The first-order chi connectivity index (χ1) is 7.02. The molecule has 0 spiro atoms. The molecule has 1 aromatic carbocycles. The van der Waals surface area contributed by atoms with Crippen molar-refractivity contribution in [3.05, 3.63) is 29.3 Å². The normalized spacial score (nSPS) is 12.5. The van der Waals surface area contributed by atoms with Gasteiger partial charge in [0.05, 0.1) is 6.04 Å². The van der Waals surface area contributed by atoms with Crippen LogP contribution in [-0.4, -0.2) is 26.8 Å². The van der Waals surface area contributed by atoms with Gasteiger partial charge in [-0.25, -0.2) is 0 Å². The first-order valence-electron chi connectivity index (χ1n) is 4.83. The molecule has 80 valence electrons. The van der Waals surface area contributed by atoms with Crippen LogP contribution in [-0.2, 0) is 4.79 Å². The lowest BCUT2D eigenvalue weighted by Crippen LogP contribution is -2.42. The lowest BCUT2D eigenvalue weighted by atomic mass is 10.1. The van der Waals surface area contributed by atoms with E-state index in [2.05, 4.69) is 24.9 Å². The lowest BCUT2D eigenvalue weighted by Gasteiger charge is -2.10. The highest BCUT2D eigenvalue weighted by atomic mass is 28.2. The van der Waals surface area contributed by atoms with Crippen molar-refractivity contribution in [3.8, 4) is 0 Å². The Balaban J connectivity index is 2.66. The van der Waals surface area contributed by atoms with E-state index in [0.717, 1.165) is 0 Å². The molecular formula is C11H15NO2Si. The number of nitrogens with one attached hydrogen (secondary N) is 1. The minimum atomic E-state index is -0.812. The van der Waals surface area contributed by atoms with Gasteiger partial charge < -0.3 is 10.1 Å². The van der Waals surface area contributed by atoms with E-state index in [0.29, 0.717) is 9.68 Å². The Morgan fingerprint density at radius 2 is 2.13 bits per heavy atom. The van der Waals surface area contributed by atoms with E-state index in [-0.39, 0.29) is 0 Å². The maximum Gasteiger partial charge on any atom is 0.319 e. The predicted octanol–water partition coefficient (Wildman–Crippen LogP) is 0.611. The van der Waals surface area contributed by atoms with Gasteiger partial charge in [0, 0.05) is 0 Å². The third-order valence-electron chi connectivity index (χ3n) is 2.40. The second-order valence-electron chi connectivity index (χ2n) is 3.58. The fourth-order valence-corrected chi connectivity index (χ4v) is 2.19. The summed E-state index contributed by atoms with van der Waals surface area (Å²) in [5.41, 5.74) is 2.48. The number of carbonyl (C=O) groups is 1. The van der Waals surface area contributed by atoms with Gasteiger partial charge in [-0.1, -0.05) is 18.2 Å². The van der Waals surface area contributed by atoms with E-state index >= 15 is 0 Å². The van der Waals surface area contributed by atoms with E-state index in [1.165, 1.54) is 16.3 Å². The van der Waals surface area contributed by atoms with Crippen molar-refractivity contribution in [2.75, 3.05) is 0 Å². The molecule has 0 saturated carbocycles. The van der Waals surface area contributed by atoms with Gasteiger partial charge in [0.25, 0.3) is 0 Å². The van der Waals surface area contributed by atoms with Gasteiger partial charge in [0.2, 0.25) is 0 Å². The van der Waals surface area contributed by atoms with E-state index < -0.39 is 12.0 Å². The van der Waals surface area contributed by atoms with Crippen LogP contribution in [0.1, 0.15) is 18.1 Å². The van der Waals surface area contributed by atoms with Gasteiger partial charge in [-0.05, 0) is 37.1 Å². The predicted molar refractivity (Wildman–Crippen MR) is 61.5 cm³/mol. The van der Waals surface area contributed by atoms with Gasteiger partial charge >= 0.3 is 5.97 Å². The number of benzene rings is 1. The number of hydrogen-bond acceptors (Lipinski definition) is 2. The van der Waals surface area contributed by atoms with E-state index in [9.17, 15) is 4.79 Å². The molecule has 1 aromatic rings. The van der Waals surface area contributed by atoms with Crippen molar-refractivity contribution >= 4 is 20.8 Å². The third-order valence-corrected chi connectivity index (χ3v) is 3.79. The summed E-state index contributed by atoms with van der Waals surface area (Å²) >= 11 is 0. The quantitative estimate of drug-likeness (QED) is 0.732. The molecule has 2 radical (unpaired) electrons. The maximum absolute atomic E-state index is 10.6. The second kappa shape index (κ2) is 5.09. The van der Waals surface area contributed by atoms with Crippen LogP contribution in [0.25, 0.3) is 0 Å². The summed E-state index contributed by atoms with van der Waals surface area (Å²) < 4.78 is 0. The molecule has 15 heavy (non-hydrogen) atoms. The second-order valence-corrected chi connectivity index (χ2v) is 4.65. The molecule has 0 heterocycles. The smallest absolute Gasteiger partial charge is 0.319 e. The third kappa shape index (κ3) is 3.18. The molecule has 3 nitrogen and oxygen atoms in total. The zero-order valence-corrected chi connectivity index (χ0v) is 10.2. The summed E-state index contributed by atoms with van der Waals surface area (Å²) in [5.74, 6) is -0.812. The zero-order chi connectivity index (χ0) is 11.4. The molecule has 0 aromatic heterocycles. The van der Waals surface area contributed by atoms with Crippen LogP contribution in [0.5, 0.6) is 0 Å². The molecule has 0 amide bonds. The van der Waals surface area contributed by atoms with Gasteiger partial charge in [0.15, 0.2) is 9.68 Å². The summed E-state index contributed by atoms with van der Waals surface area (Å²) in [6.07, 6.45) is 0. The van der Waals surface area contributed by atoms with Crippen molar-refractivity contribution in [1.82, 2.24) is 4.98 Å². The summed E-state index contributed by atoms with van der Waals surface area (Å²) in [6.45, 7) is 5.77. The molecule has 1 unspecified atom stereocenters. The molecule has 0 aliphatic carbocycles. The first kappa shape index (κ1) is 11.9. The van der Waals surface area contributed by atoms with Crippen LogP contribution in [0.4, 0.5) is 0 Å². The molecule has 0 bridgehead atoms. The van der Waals surface area contributed by atoms with E-state index in [1.807, 2.05) is 12.1 Å². The SMILES string of the molecule is Cc1cccc([Si]NC(C)C(=O)O)c1C. The van der Waals surface area contributed by atoms with Crippen LogP contribution < -0.4 is 10.2 Å². The van der Waals surface area contributed by atoms with Crippen LogP contribution in [0, 0.1) is 13.8 Å². The number of hydrogen-bond donors (Lipinski definition) is 2. The first-order valence-corrected chi connectivity index (χ1v) is 5.83. The van der Waals surface area contributed by atoms with Crippen LogP contribution in [0.2, 0.25) is 0 Å². The summed E-state index contributed by atoms with van der Waals surface area (Å²) in [7, 11) is 0.342. The van der Waals surface area contributed by atoms with Gasteiger partial charge in [-0.2, -0.15) is 0 Å². The number of carboxylic acids is 1. The van der Waals surface area contributed by atoms with Crippen LogP contribution >= 0.6 is 0 Å². The van der Waals surface area contributed by atoms with E-state index in [4.69, 9.17) is 5.11 Å². The molecular weight excluding hydrogens is 206 g/mol. The largest absolute Gasteiger partial charge is 0.480 e. The molecule has 0 aliphatic heterocycles. The van der Waals surface area contributed by atoms with Crippen molar-refractivity contribution < 1.29 is 9.90 Å². The monoisotopic (exact) mass is 221 g/mol. The van der Waals surface area contributed by atoms with Crippen molar-refractivity contribution in [2.24, 2.45) is 0 Å². The molecule has 0 aliphatic rings. The van der Waals surface area contributed by atoms with E-state index in [1.54, 1.807) is 6.92 Å². The van der Waals surface area contributed by atoms with Crippen LogP contribution in [0.3, 0.4) is 0 Å². The van der Waals surface area contributed by atoms with Crippen molar-refractivity contribution in [3.63, 3.8) is 0 Å². The Morgan fingerprint density at radius 1 is 1.47 bits per heavy atom. The topological polar surface area (TPSA) is 49.3 Å². The Morgan fingerprint density at radius 3 is 2.73 bits per heavy atom. The lowest BCUT2D eigenvalue weighted by molar-refractivity contribution is -0.138. The summed E-state index contributed by atoms with van der Waals surface area (Å²) in [6, 6.07) is 5.59. The van der Waals surface area contributed by atoms with Gasteiger partial charge in [0.1, 0.15) is 0 Å². The molecule has 1 atom stereocenters. The summed E-state index contributed by atoms with van der Waals surface area (Å²) in [4.78, 5) is 13.6. The molecule has 0 fully saturated rings. The minimum Gasteiger partial charge on any atom is -0.480 e. The Hall–Kier alpha value is -1.13. The number of aliphatic carboxylic acids is 1. The van der Waals surface area contributed by atoms with Gasteiger partial charge in [-0.3, -0.25) is 4.79 Å². The van der Waals surface area contributed by atoms with Gasteiger partial charge in [-0.15, -0.1) is 0 Å². The minimum absolute atomic E-state index is 0.342. The Kier molecular flexibility index (Phi) is 4.05. The number of carboxylic acid groups (broad SMARTS) is 1. The Labute approximate surface area is 92.4 Å². The molecule has 4 heteroatoms. The molecule has 0 saturated heterocycles.